The first kappa shape index (κ1) is 23.7. The summed E-state index contributed by atoms with van der Waals surface area (Å²) in [7, 11) is 0. The highest BCUT2D eigenvalue weighted by atomic mass is 79.9. The molecule has 168 valence electrons. The van der Waals surface area contributed by atoms with Crippen LogP contribution in [0.3, 0.4) is 0 Å². The van der Waals surface area contributed by atoms with E-state index in [4.69, 9.17) is 17.0 Å². The summed E-state index contributed by atoms with van der Waals surface area (Å²) < 4.78 is 6.23. The predicted molar refractivity (Wildman–Crippen MR) is 128 cm³/mol. The van der Waals surface area contributed by atoms with Crippen LogP contribution in [0.25, 0.3) is 0 Å². The number of halogens is 1. The number of likely N-dealkylation sites (N-methyl/N-ethyl adjacent to an activating group) is 1. The van der Waals surface area contributed by atoms with Crippen molar-refractivity contribution in [2.75, 3.05) is 18.5 Å². The Morgan fingerprint density at radius 2 is 1.75 bits per heavy atom. The van der Waals surface area contributed by atoms with Gasteiger partial charge in [-0.3, -0.25) is 24.7 Å². The van der Waals surface area contributed by atoms with Crippen LogP contribution in [0.4, 0.5) is 5.69 Å². The van der Waals surface area contributed by atoms with Crippen LogP contribution in [0.1, 0.15) is 30.6 Å². The van der Waals surface area contributed by atoms with Gasteiger partial charge in [0.1, 0.15) is 11.8 Å². The number of amides is 3. The smallest absolute Gasteiger partial charge is 0.269 e. The van der Waals surface area contributed by atoms with Crippen LogP contribution in [0.15, 0.2) is 53.0 Å². The number of anilines is 1. The lowest BCUT2D eigenvalue weighted by atomic mass is 10.1. The van der Waals surface area contributed by atoms with Crippen molar-refractivity contribution in [3.8, 4) is 5.75 Å². The third-order valence-corrected chi connectivity index (χ3v) is 5.72. The Morgan fingerprint density at radius 1 is 1.09 bits per heavy atom. The second kappa shape index (κ2) is 10.6. The van der Waals surface area contributed by atoms with E-state index in [0.29, 0.717) is 30.2 Å². The monoisotopic (exact) mass is 518 g/mol. The van der Waals surface area contributed by atoms with Crippen LogP contribution in [0.5, 0.6) is 5.75 Å². The summed E-state index contributed by atoms with van der Waals surface area (Å²) in [6, 6.07) is 12.8. The fourth-order valence-electron chi connectivity index (χ4n) is 3.21. The molecule has 10 heteroatoms. The molecule has 3 amide bonds. The average Bonchev–Trinajstić information content (AvgIpc) is 2.99. The van der Waals surface area contributed by atoms with Crippen molar-refractivity contribution >= 4 is 56.7 Å². The van der Waals surface area contributed by atoms with Crippen LogP contribution < -0.4 is 15.5 Å². The molecule has 0 radical (unpaired) electrons. The predicted octanol–water partition coefficient (Wildman–Crippen LogP) is 3.34. The van der Waals surface area contributed by atoms with E-state index in [1.165, 1.54) is 9.91 Å². The maximum absolute atomic E-state index is 12.9. The Bertz CT molecular complexity index is 1010. The van der Waals surface area contributed by atoms with Crippen molar-refractivity contribution in [1.29, 1.82) is 0 Å². The van der Waals surface area contributed by atoms with Crippen LogP contribution in [-0.4, -0.2) is 51.9 Å². The van der Waals surface area contributed by atoms with Crippen LogP contribution >= 0.6 is 28.1 Å². The number of thiocarbonyl (C=S) groups is 1. The van der Waals surface area contributed by atoms with Crippen molar-refractivity contribution in [3.05, 3.63) is 58.6 Å². The molecule has 1 heterocycles. The number of hydrogen-bond acceptors (Lipinski definition) is 5. The van der Waals surface area contributed by atoms with E-state index < -0.39 is 11.9 Å². The Morgan fingerprint density at radius 3 is 2.34 bits per heavy atom. The molecule has 0 saturated carbocycles. The van der Waals surface area contributed by atoms with Gasteiger partial charge in [-0.15, -0.1) is 0 Å². The SMILES string of the molecule is CCOc1ccc(NC(=O)CC2C(=O)N(CC)C(=S)N2NC(=O)c2ccc(Br)cc2)cc1. The molecule has 0 aromatic heterocycles. The summed E-state index contributed by atoms with van der Waals surface area (Å²) in [6.45, 7) is 4.55. The van der Waals surface area contributed by atoms with Gasteiger partial charge in [0.15, 0.2) is 5.11 Å². The van der Waals surface area contributed by atoms with Crippen LogP contribution in [-0.2, 0) is 9.59 Å². The van der Waals surface area contributed by atoms with Gasteiger partial charge in [0.2, 0.25) is 5.91 Å². The summed E-state index contributed by atoms with van der Waals surface area (Å²) in [4.78, 5) is 39.6. The number of hydrogen-bond donors (Lipinski definition) is 2. The first-order chi connectivity index (χ1) is 15.3. The molecule has 8 nitrogen and oxygen atoms in total. The summed E-state index contributed by atoms with van der Waals surface area (Å²) >= 11 is 8.72. The lowest BCUT2D eigenvalue weighted by Crippen LogP contribution is -2.49. The van der Waals surface area contributed by atoms with Gasteiger partial charge in [0.05, 0.1) is 13.0 Å². The van der Waals surface area contributed by atoms with E-state index >= 15 is 0 Å². The Kier molecular flexibility index (Phi) is 7.81. The quantitative estimate of drug-likeness (QED) is 0.520. The first-order valence-electron chi connectivity index (χ1n) is 10.1. The number of benzene rings is 2. The van der Waals surface area contributed by atoms with E-state index in [0.717, 1.165) is 4.47 Å². The summed E-state index contributed by atoms with van der Waals surface area (Å²) in [5, 5.41) is 4.21. The zero-order chi connectivity index (χ0) is 23.3. The highest BCUT2D eigenvalue weighted by Crippen LogP contribution is 2.21. The molecule has 0 aliphatic carbocycles. The van der Waals surface area contributed by atoms with Crippen molar-refractivity contribution in [2.45, 2.75) is 26.3 Å². The van der Waals surface area contributed by atoms with E-state index in [9.17, 15) is 14.4 Å². The largest absolute Gasteiger partial charge is 0.494 e. The van der Waals surface area contributed by atoms with Crippen molar-refractivity contribution in [3.63, 3.8) is 0 Å². The normalized spacial score (nSPS) is 15.7. The van der Waals surface area contributed by atoms with Gasteiger partial charge < -0.3 is 10.1 Å². The Hall–Kier alpha value is -2.98. The minimum atomic E-state index is -0.940. The molecule has 2 aromatic carbocycles. The van der Waals surface area contributed by atoms with Gasteiger partial charge in [-0.2, -0.15) is 0 Å². The molecule has 3 rings (SSSR count). The van der Waals surface area contributed by atoms with E-state index in [1.54, 1.807) is 55.5 Å². The zero-order valence-corrected chi connectivity index (χ0v) is 20.0. The number of carbonyl (C=O) groups is 3. The molecule has 1 aliphatic heterocycles. The zero-order valence-electron chi connectivity index (χ0n) is 17.6. The molecular weight excluding hydrogens is 496 g/mol. The minimum absolute atomic E-state index is 0.154. The fourth-order valence-corrected chi connectivity index (χ4v) is 3.86. The highest BCUT2D eigenvalue weighted by molar-refractivity contribution is 9.10. The summed E-state index contributed by atoms with van der Waals surface area (Å²) in [6.07, 6.45) is -0.177. The standard InChI is InChI=1S/C22H23BrN4O4S/c1-3-26-21(30)18(13-19(28)24-16-9-11-17(12-10-16)31-4-2)27(22(26)32)25-20(29)14-5-7-15(23)8-6-14/h5-12,18H,3-4,13H2,1-2H3,(H,24,28)(H,25,29). The molecule has 1 saturated heterocycles. The maximum Gasteiger partial charge on any atom is 0.269 e. The van der Waals surface area contributed by atoms with E-state index in [1.807, 2.05) is 6.92 Å². The third kappa shape index (κ3) is 5.43. The lowest BCUT2D eigenvalue weighted by molar-refractivity contribution is -0.130. The molecule has 2 N–H and O–H groups in total. The molecule has 1 fully saturated rings. The average molecular weight is 519 g/mol. The number of rotatable bonds is 8. The molecule has 0 bridgehead atoms. The maximum atomic E-state index is 12.9. The molecule has 1 atom stereocenters. The second-order valence-electron chi connectivity index (χ2n) is 6.91. The van der Waals surface area contributed by atoms with E-state index in [-0.39, 0.29) is 23.3 Å². The molecule has 0 spiro atoms. The van der Waals surface area contributed by atoms with Crippen molar-refractivity contribution in [2.24, 2.45) is 0 Å². The molecular formula is C22H23BrN4O4S. The summed E-state index contributed by atoms with van der Waals surface area (Å²) in [5.74, 6) is -0.448. The summed E-state index contributed by atoms with van der Waals surface area (Å²) in [5.41, 5.74) is 3.65. The second-order valence-corrected chi connectivity index (χ2v) is 8.19. The Labute approximate surface area is 200 Å². The Balaban J connectivity index is 1.71. The molecule has 1 unspecified atom stereocenters. The van der Waals surface area contributed by atoms with Gasteiger partial charge in [0.25, 0.3) is 11.8 Å². The van der Waals surface area contributed by atoms with Gasteiger partial charge in [-0.25, -0.2) is 5.01 Å². The molecule has 32 heavy (non-hydrogen) atoms. The van der Waals surface area contributed by atoms with Crippen molar-refractivity contribution < 1.29 is 19.1 Å². The first-order valence-corrected chi connectivity index (χ1v) is 11.3. The fraction of sp³-hybridized carbons (Fsp3) is 0.273. The van der Waals surface area contributed by atoms with Gasteiger partial charge >= 0.3 is 0 Å². The van der Waals surface area contributed by atoms with Gasteiger partial charge in [-0.1, -0.05) is 15.9 Å². The highest BCUT2D eigenvalue weighted by Gasteiger charge is 2.43. The topological polar surface area (TPSA) is 91.0 Å². The molecule has 2 aromatic rings. The van der Waals surface area contributed by atoms with E-state index in [2.05, 4.69) is 26.7 Å². The van der Waals surface area contributed by atoms with Crippen LogP contribution in [0, 0.1) is 0 Å². The van der Waals surface area contributed by atoms with Gasteiger partial charge in [0, 0.05) is 22.3 Å². The number of nitrogens with one attached hydrogen (secondary N) is 2. The number of hydrazine groups is 1. The number of ether oxygens (including phenoxy) is 1. The third-order valence-electron chi connectivity index (χ3n) is 4.77. The number of nitrogens with zero attached hydrogens (tertiary/aromatic N) is 2. The lowest BCUT2D eigenvalue weighted by Gasteiger charge is -2.24. The molecule has 1 aliphatic rings. The number of carbonyl (C=O) groups excluding carboxylic acids is 3. The van der Waals surface area contributed by atoms with Crippen LogP contribution in [0.2, 0.25) is 0 Å². The van der Waals surface area contributed by atoms with Crippen molar-refractivity contribution in [1.82, 2.24) is 15.3 Å². The van der Waals surface area contributed by atoms with Gasteiger partial charge in [-0.05, 0) is 74.6 Å². The minimum Gasteiger partial charge on any atom is -0.494 e.